The van der Waals surface area contributed by atoms with Crippen molar-refractivity contribution in [2.45, 2.75) is 18.9 Å². The highest BCUT2D eigenvalue weighted by atomic mass is 16.5. The molecule has 1 spiro atoms. The molecule has 0 aromatic heterocycles. The van der Waals surface area contributed by atoms with E-state index in [0.29, 0.717) is 11.5 Å². The second kappa shape index (κ2) is 3.86. The number of nitrogens with zero attached hydrogens (tertiary/aromatic N) is 1. The summed E-state index contributed by atoms with van der Waals surface area (Å²) in [4.78, 5) is 2.38. The lowest BCUT2D eigenvalue weighted by atomic mass is 9.78. The van der Waals surface area contributed by atoms with Crippen LogP contribution in [-0.2, 0) is 11.2 Å². The van der Waals surface area contributed by atoms with Gasteiger partial charge in [0.2, 0.25) is 0 Å². The molecule has 86 valence electrons. The summed E-state index contributed by atoms with van der Waals surface area (Å²) >= 11 is 0. The minimum Gasteiger partial charge on any atom is -0.377 e. The van der Waals surface area contributed by atoms with Crippen LogP contribution < -0.4 is 0 Å². The number of likely N-dealkylation sites (tertiary alicyclic amines) is 1. The number of hydrogen-bond acceptors (Lipinski definition) is 2. The normalized spacial score (nSPS) is 28.2. The molecule has 0 bridgehead atoms. The fourth-order valence-electron chi connectivity index (χ4n) is 3.22. The average molecular weight is 217 g/mol. The second-order valence-corrected chi connectivity index (χ2v) is 5.50. The molecule has 0 saturated carbocycles. The van der Waals surface area contributed by atoms with Crippen molar-refractivity contribution in [2.24, 2.45) is 5.41 Å². The van der Waals surface area contributed by atoms with Crippen LogP contribution in [0.1, 0.15) is 12.0 Å². The maximum atomic E-state index is 5.94. The Hall–Kier alpha value is -0.860. The third-order valence-electron chi connectivity index (χ3n) is 3.80. The lowest BCUT2D eigenvalue weighted by Gasteiger charge is -2.45. The summed E-state index contributed by atoms with van der Waals surface area (Å²) in [6, 6.07) is 10.7. The predicted molar refractivity (Wildman–Crippen MR) is 64.4 cm³/mol. The van der Waals surface area contributed by atoms with Crippen molar-refractivity contribution >= 4 is 0 Å². The molecule has 2 saturated heterocycles. The van der Waals surface area contributed by atoms with E-state index >= 15 is 0 Å². The molecule has 2 aliphatic heterocycles. The summed E-state index contributed by atoms with van der Waals surface area (Å²) in [5, 5.41) is 0. The largest absolute Gasteiger partial charge is 0.377 e. The van der Waals surface area contributed by atoms with Crippen molar-refractivity contribution in [2.75, 3.05) is 26.7 Å². The van der Waals surface area contributed by atoms with Gasteiger partial charge in [-0.2, -0.15) is 0 Å². The highest BCUT2D eigenvalue weighted by Crippen LogP contribution is 2.40. The second-order valence-electron chi connectivity index (χ2n) is 5.50. The summed E-state index contributed by atoms with van der Waals surface area (Å²) in [6.07, 6.45) is 2.76. The van der Waals surface area contributed by atoms with Crippen LogP contribution in [0.15, 0.2) is 30.3 Å². The molecule has 0 amide bonds. The standard InChI is InChI=1S/C14H19NO/c1-15-9-14(10-15)8-13(16-11-14)7-12-5-3-2-4-6-12/h2-6,13H,7-11H2,1H3. The van der Waals surface area contributed by atoms with E-state index in [0.717, 1.165) is 13.0 Å². The van der Waals surface area contributed by atoms with Crippen molar-refractivity contribution < 1.29 is 4.74 Å². The number of rotatable bonds is 2. The number of ether oxygens (including phenoxy) is 1. The number of hydrogen-bond donors (Lipinski definition) is 0. The molecule has 2 fully saturated rings. The lowest BCUT2D eigenvalue weighted by molar-refractivity contribution is 0.00901. The van der Waals surface area contributed by atoms with Crippen LogP contribution in [0.3, 0.4) is 0 Å². The summed E-state index contributed by atoms with van der Waals surface area (Å²) in [5.41, 5.74) is 1.89. The Morgan fingerprint density at radius 2 is 2.06 bits per heavy atom. The Labute approximate surface area is 97.2 Å². The van der Waals surface area contributed by atoms with Gasteiger partial charge in [0.15, 0.2) is 0 Å². The molecule has 2 aliphatic rings. The summed E-state index contributed by atoms with van der Waals surface area (Å²) < 4.78 is 5.94. The van der Waals surface area contributed by atoms with Crippen molar-refractivity contribution in [1.29, 1.82) is 0 Å². The van der Waals surface area contributed by atoms with Gasteiger partial charge in [0.05, 0.1) is 12.7 Å². The Balaban J connectivity index is 1.59. The van der Waals surface area contributed by atoms with Crippen LogP contribution in [0.4, 0.5) is 0 Å². The van der Waals surface area contributed by atoms with E-state index in [1.807, 2.05) is 0 Å². The van der Waals surface area contributed by atoms with E-state index in [2.05, 4.69) is 42.3 Å². The molecule has 0 radical (unpaired) electrons. The van der Waals surface area contributed by atoms with Gasteiger partial charge in [0.1, 0.15) is 0 Å². The van der Waals surface area contributed by atoms with Crippen molar-refractivity contribution in [1.82, 2.24) is 4.90 Å². The molecule has 2 heteroatoms. The first-order valence-corrected chi connectivity index (χ1v) is 6.10. The van der Waals surface area contributed by atoms with Gasteiger partial charge in [-0.3, -0.25) is 0 Å². The molecule has 16 heavy (non-hydrogen) atoms. The zero-order chi connectivity index (χ0) is 11.0. The molecule has 0 aliphatic carbocycles. The predicted octanol–water partition coefficient (Wildman–Crippen LogP) is 1.95. The molecule has 2 heterocycles. The molecule has 1 atom stereocenters. The lowest BCUT2D eigenvalue weighted by Crippen LogP contribution is -2.54. The first-order valence-electron chi connectivity index (χ1n) is 6.10. The highest BCUT2D eigenvalue weighted by molar-refractivity contribution is 5.16. The van der Waals surface area contributed by atoms with Crippen LogP contribution in [0.2, 0.25) is 0 Å². The van der Waals surface area contributed by atoms with E-state index < -0.39 is 0 Å². The summed E-state index contributed by atoms with van der Waals surface area (Å²) in [7, 11) is 2.19. The van der Waals surface area contributed by atoms with Crippen LogP contribution in [0, 0.1) is 5.41 Å². The molecule has 1 unspecified atom stereocenters. The van der Waals surface area contributed by atoms with Crippen LogP contribution in [-0.4, -0.2) is 37.7 Å². The van der Waals surface area contributed by atoms with Gasteiger partial charge >= 0.3 is 0 Å². The van der Waals surface area contributed by atoms with E-state index in [1.54, 1.807) is 0 Å². The molecule has 0 N–H and O–H groups in total. The van der Waals surface area contributed by atoms with E-state index in [1.165, 1.54) is 25.1 Å². The molecular weight excluding hydrogens is 198 g/mol. The molecule has 2 nitrogen and oxygen atoms in total. The quantitative estimate of drug-likeness (QED) is 0.750. The van der Waals surface area contributed by atoms with E-state index in [-0.39, 0.29) is 0 Å². The Morgan fingerprint density at radius 3 is 2.75 bits per heavy atom. The van der Waals surface area contributed by atoms with Gasteiger partial charge in [0.25, 0.3) is 0 Å². The van der Waals surface area contributed by atoms with E-state index in [9.17, 15) is 0 Å². The minimum atomic E-state index is 0.441. The van der Waals surface area contributed by atoms with Crippen molar-refractivity contribution in [3.8, 4) is 0 Å². The third-order valence-corrected chi connectivity index (χ3v) is 3.80. The smallest absolute Gasteiger partial charge is 0.0622 e. The topological polar surface area (TPSA) is 12.5 Å². The monoisotopic (exact) mass is 217 g/mol. The Bertz CT molecular complexity index is 356. The summed E-state index contributed by atoms with van der Waals surface area (Å²) in [5.74, 6) is 0. The van der Waals surface area contributed by atoms with Gasteiger partial charge in [-0.1, -0.05) is 30.3 Å². The van der Waals surface area contributed by atoms with Gasteiger partial charge in [-0.15, -0.1) is 0 Å². The van der Waals surface area contributed by atoms with Crippen molar-refractivity contribution in [3.05, 3.63) is 35.9 Å². The molecule has 1 aromatic rings. The highest BCUT2D eigenvalue weighted by Gasteiger charge is 2.47. The van der Waals surface area contributed by atoms with Crippen LogP contribution in [0.5, 0.6) is 0 Å². The zero-order valence-corrected chi connectivity index (χ0v) is 9.86. The van der Waals surface area contributed by atoms with Crippen LogP contribution >= 0.6 is 0 Å². The third kappa shape index (κ3) is 1.87. The van der Waals surface area contributed by atoms with Crippen molar-refractivity contribution in [3.63, 3.8) is 0 Å². The number of benzene rings is 1. The van der Waals surface area contributed by atoms with Crippen LogP contribution in [0.25, 0.3) is 0 Å². The van der Waals surface area contributed by atoms with E-state index in [4.69, 9.17) is 4.74 Å². The fraction of sp³-hybridized carbons (Fsp3) is 0.571. The molecule has 3 rings (SSSR count). The maximum Gasteiger partial charge on any atom is 0.0622 e. The summed E-state index contributed by atoms with van der Waals surface area (Å²) in [6.45, 7) is 3.41. The first-order chi connectivity index (χ1) is 7.76. The first kappa shape index (κ1) is 10.3. The van der Waals surface area contributed by atoms with Gasteiger partial charge < -0.3 is 9.64 Å². The molecular formula is C14H19NO. The average Bonchev–Trinajstić information content (AvgIpc) is 2.63. The van der Waals surface area contributed by atoms with Gasteiger partial charge in [-0.05, 0) is 25.5 Å². The SMILES string of the molecule is CN1CC2(COC(Cc3ccccc3)C2)C1. The Kier molecular flexibility index (Phi) is 2.49. The fourth-order valence-corrected chi connectivity index (χ4v) is 3.22. The Morgan fingerprint density at radius 1 is 1.31 bits per heavy atom. The maximum absolute atomic E-state index is 5.94. The van der Waals surface area contributed by atoms with Gasteiger partial charge in [0, 0.05) is 18.5 Å². The molecule has 1 aromatic carbocycles. The van der Waals surface area contributed by atoms with Gasteiger partial charge in [-0.25, -0.2) is 0 Å². The minimum absolute atomic E-state index is 0.441. The zero-order valence-electron chi connectivity index (χ0n) is 9.86.